The van der Waals surface area contributed by atoms with Crippen LogP contribution in [0.4, 0.5) is 4.79 Å². The number of carbonyl (C=O) groups is 1. The maximum Gasteiger partial charge on any atom is 0.317 e. The molecule has 0 unspecified atom stereocenters. The molecule has 76 valence electrons. The Balaban J connectivity index is 2.60. The van der Waals surface area contributed by atoms with Gasteiger partial charge >= 0.3 is 6.03 Å². The molecular formula is C9H19N3O. The molecule has 1 heterocycles. The Morgan fingerprint density at radius 2 is 2.00 bits per heavy atom. The smallest absolute Gasteiger partial charge is 0.317 e. The zero-order valence-electron chi connectivity index (χ0n) is 8.92. The van der Waals surface area contributed by atoms with Crippen molar-refractivity contribution in [1.29, 1.82) is 0 Å². The van der Waals surface area contributed by atoms with Crippen LogP contribution in [0.5, 0.6) is 0 Å². The maximum absolute atomic E-state index is 11.4. The molecule has 2 amide bonds. The van der Waals surface area contributed by atoms with Gasteiger partial charge in [0.2, 0.25) is 0 Å². The Labute approximate surface area is 79.9 Å². The quantitative estimate of drug-likeness (QED) is 0.591. The lowest BCUT2D eigenvalue weighted by atomic mass is 10.0. The molecule has 1 fully saturated rings. The summed E-state index contributed by atoms with van der Waals surface area (Å²) in [4.78, 5) is 15.5. The lowest BCUT2D eigenvalue weighted by Crippen LogP contribution is -2.60. The highest BCUT2D eigenvalue weighted by Gasteiger charge is 2.32. The zero-order valence-corrected chi connectivity index (χ0v) is 8.92. The van der Waals surface area contributed by atoms with Gasteiger partial charge in [-0.15, -0.1) is 0 Å². The molecule has 0 aromatic heterocycles. The third-order valence-electron chi connectivity index (χ3n) is 2.82. The van der Waals surface area contributed by atoms with Gasteiger partial charge in [-0.1, -0.05) is 0 Å². The van der Waals surface area contributed by atoms with Crippen molar-refractivity contribution in [3.63, 3.8) is 0 Å². The molecule has 4 nitrogen and oxygen atoms in total. The summed E-state index contributed by atoms with van der Waals surface area (Å²) in [6.07, 6.45) is 0. The van der Waals surface area contributed by atoms with Crippen molar-refractivity contribution in [1.82, 2.24) is 15.1 Å². The zero-order chi connectivity index (χ0) is 10.1. The summed E-state index contributed by atoms with van der Waals surface area (Å²) in [7, 11) is 3.77. The first-order valence-electron chi connectivity index (χ1n) is 4.65. The Kier molecular flexibility index (Phi) is 2.81. The van der Waals surface area contributed by atoms with Crippen LogP contribution < -0.4 is 5.32 Å². The second-order valence-electron chi connectivity index (χ2n) is 4.21. The number of hydrogen-bond acceptors (Lipinski definition) is 2. The van der Waals surface area contributed by atoms with Gasteiger partial charge in [-0.2, -0.15) is 0 Å². The van der Waals surface area contributed by atoms with Gasteiger partial charge in [-0.3, -0.25) is 4.90 Å². The van der Waals surface area contributed by atoms with Crippen molar-refractivity contribution in [2.24, 2.45) is 0 Å². The van der Waals surface area contributed by atoms with Crippen LogP contribution in [-0.4, -0.2) is 55.1 Å². The summed E-state index contributed by atoms with van der Waals surface area (Å²) in [5, 5.41) is 2.66. The second kappa shape index (κ2) is 3.54. The molecule has 1 rings (SSSR count). The van der Waals surface area contributed by atoms with Crippen LogP contribution in [0.3, 0.4) is 0 Å². The number of rotatable bonds is 0. The predicted octanol–water partition coefficient (Wildman–Crippen LogP) is 0.352. The summed E-state index contributed by atoms with van der Waals surface area (Å²) in [5.74, 6) is 0. The number of urea groups is 1. The molecule has 1 aliphatic heterocycles. The van der Waals surface area contributed by atoms with Crippen molar-refractivity contribution in [2.75, 3.05) is 33.7 Å². The molecule has 0 atom stereocenters. The van der Waals surface area contributed by atoms with E-state index in [0.29, 0.717) is 0 Å². The van der Waals surface area contributed by atoms with Gasteiger partial charge < -0.3 is 10.2 Å². The molecule has 0 saturated carbocycles. The first kappa shape index (κ1) is 10.3. The number of piperazine rings is 1. The highest BCUT2D eigenvalue weighted by molar-refractivity contribution is 5.74. The third-order valence-corrected chi connectivity index (χ3v) is 2.82. The monoisotopic (exact) mass is 185 g/mol. The van der Waals surface area contributed by atoms with E-state index in [-0.39, 0.29) is 11.6 Å². The van der Waals surface area contributed by atoms with Crippen LogP contribution in [-0.2, 0) is 0 Å². The molecule has 0 aromatic rings. The van der Waals surface area contributed by atoms with E-state index in [9.17, 15) is 4.79 Å². The fourth-order valence-corrected chi connectivity index (χ4v) is 1.57. The molecule has 0 aliphatic carbocycles. The lowest BCUT2D eigenvalue weighted by Gasteiger charge is -2.45. The minimum atomic E-state index is 0.0289. The Hall–Kier alpha value is -0.770. The van der Waals surface area contributed by atoms with E-state index in [1.807, 2.05) is 4.90 Å². The standard InChI is InChI=1S/C9H19N3O/c1-9(2)7-12(8(13)10-3)6-5-11(9)4/h5-7H2,1-4H3,(H,10,13). The van der Waals surface area contributed by atoms with E-state index in [1.54, 1.807) is 7.05 Å². The van der Waals surface area contributed by atoms with Crippen molar-refractivity contribution in [3.8, 4) is 0 Å². The van der Waals surface area contributed by atoms with Crippen molar-refractivity contribution < 1.29 is 4.79 Å². The van der Waals surface area contributed by atoms with Gasteiger partial charge in [-0.25, -0.2) is 4.79 Å². The fraction of sp³-hybridized carbons (Fsp3) is 0.889. The third kappa shape index (κ3) is 2.12. The summed E-state index contributed by atoms with van der Waals surface area (Å²) < 4.78 is 0. The summed E-state index contributed by atoms with van der Waals surface area (Å²) in [5.41, 5.74) is 0.0881. The Bertz CT molecular complexity index is 203. The lowest BCUT2D eigenvalue weighted by molar-refractivity contribution is 0.0576. The molecule has 0 aromatic carbocycles. The fourth-order valence-electron chi connectivity index (χ4n) is 1.57. The number of carbonyl (C=O) groups excluding carboxylic acids is 1. The van der Waals surface area contributed by atoms with E-state index in [0.717, 1.165) is 19.6 Å². The molecule has 0 spiro atoms. The molecule has 4 heteroatoms. The average Bonchev–Trinajstić information content (AvgIpc) is 2.08. The number of nitrogens with zero attached hydrogens (tertiary/aromatic N) is 2. The van der Waals surface area contributed by atoms with E-state index >= 15 is 0 Å². The largest absolute Gasteiger partial charge is 0.341 e. The van der Waals surface area contributed by atoms with E-state index in [4.69, 9.17) is 0 Å². The van der Waals surface area contributed by atoms with Gasteiger partial charge in [0.1, 0.15) is 0 Å². The number of hydrogen-bond donors (Lipinski definition) is 1. The second-order valence-corrected chi connectivity index (χ2v) is 4.21. The van der Waals surface area contributed by atoms with Crippen LogP contribution in [0.1, 0.15) is 13.8 Å². The number of amides is 2. The summed E-state index contributed by atoms with van der Waals surface area (Å²) in [6.45, 7) is 6.87. The van der Waals surface area contributed by atoms with Crippen LogP contribution in [0, 0.1) is 0 Å². The minimum Gasteiger partial charge on any atom is -0.341 e. The first-order valence-corrected chi connectivity index (χ1v) is 4.65. The minimum absolute atomic E-state index is 0.0289. The highest BCUT2D eigenvalue weighted by atomic mass is 16.2. The van der Waals surface area contributed by atoms with Gasteiger partial charge in [0.05, 0.1) is 0 Å². The van der Waals surface area contributed by atoms with Gasteiger partial charge in [0, 0.05) is 32.2 Å². The first-order chi connectivity index (χ1) is 5.97. The topological polar surface area (TPSA) is 35.6 Å². The molecule has 0 bridgehead atoms. The van der Waals surface area contributed by atoms with Crippen molar-refractivity contribution in [3.05, 3.63) is 0 Å². The normalized spacial score (nSPS) is 22.9. The van der Waals surface area contributed by atoms with Crippen LogP contribution in [0.15, 0.2) is 0 Å². The Morgan fingerprint density at radius 3 is 2.46 bits per heavy atom. The van der Waals surface area contributed by atoms with Crippen LogP contribution >= 0.6 is 0 Å². The molecule has 0 radical (unpaired) electrons. The number of likely N-dealkylation sites (N-methyl/N-ethyl adjacent to an activating group) is 1. The van der Waals surface area contributed by atoms with E-state index < -0.39 is 0 Å². The van der Waals surface area contributed by atoms with Crippen LogP contribution in [0.2, 0.25) is 0 Å². The number of nitrogens with one attached hydrogen (secondary N) is 1. The molecular weight excluding hydrogens is 166 g/mol. The van der Waals surface area contributed by atoms with Crippen molar-refractivity contribution in [2.45, 2.75) is 19.4 Å². The molecule has 1 N–H and O–H groups in total. The van der Waals surface area contributed by atoms with Crippen LogP contribution in [0.25, 0.3) is 0 Å². The maximum atomic E-state index is 11.4. The van der Waals surface area contributed by atoms with Gasteiger partial charge in [0.25, 0.3) is 0 Å². The van der Waals surface area contributed by atoms with Gasteiger partial charge in [-0.05, 0) is 20.9 Å². The van der Waals surface area contributed by atoms with Gasteiger partial charge in [0.15, 0.2) is 0 Å². The van der Waals surface area contributed by atoms with Crippen molar-refractivity contribution >= 4 is 6.03 Å². The highest BCUT2D eigenvalue weighted by Crippen LogP contribution is 2.18. The van der Waals surface area contributed by atoms with E-state index in [1.165, 1.54) is 0 Å². The SMILES string of the molecule is CNC(=O)N1CCN(C)C(C)(C)C1. The molecule has 1 aliphatic rings. The van der Waals surface area contributed by atoms with E-state index in [2.05, 4.69) is 31.1 Å². The average molecular weight is 185 g/mol. The predicted molar refractivity (Wildman–Crippen MR) is 52.7 cm³/mol. The summed E-state index contributed by atoms with van der Waals surface area (Å²) in [6, 6.07) is 0.0289. The Morgan fingerprint density at radius 1 is 1.38 bits per heavy atom. The molecule has 13 heavy (non-hydrogen) atoms. The summed E-state index contributed by atoms with van der Waals surface area (Å²) >= 11 is 0. The molecule has 1 saturated heterocycles.